The lowest BCUT2D eigenvalue weighted by Gasteiger charge is -2.39. The van der Waals surface area contributed by atoms with E-state index in [4.69, 9.17) is 31.8 Å². The van der Waals surface area contributed by atoms with Crippen molar-refractivity contribution in [2.45, 2.75) is 75.2 Å². The van der Waals surface area contributed by atoms with Gasteiger partial charge in [0.15, 0.2) is 0 Å². The largest absolute Gasteiger partial charge is 0.446 e. The summed E-state index contributed by atoms with van der Waals surface area (Å²) in [6, 6.07) is 8.94. The number of likely N-dealkylation sites (N-methyl/N-ethyl adjacent to an activating group) is 1. The number of fused-ring (bicyclic) bond motifs is 2. The third-order valence-corrected chi connectivity index (χ3v) is 10.9. The zero-order valence-electron chi connectivity index (χ0n) is 27.6. The van der Waals surface area contributed by atoms with Crippen molar-refractivity contribution in [3.63, 3.8) is 0 Å². The van der Waals surface area contributed by atoms with Crippen LogP contribution in [0.25, 0.3) is 11.6 Å². The molecule has 2 amide bonds. The van der Waals surface area contributed by atoms with Crippen molar-refractivity contribution in [3.05, 3.63) is 88.6 Å². The maximum atomic E-state index is 13.7. The van der Waals surface area contributed by atoms with Crippen LogP contribution in [-0.2, 0) is 9.47 Å². The van der Waals surface area contributed by atoms with E-state index in [2.05, 4.69) is 22.9 Å². The van der Waals surface area contributed by atoms with Gasteiger partial charge in [0.1, 0.15) is 11.7 Å². The maximum Gasteiger partial charge on any atom is 0.410 e. The molecular weight excluding hydrogens is 628 g/mol. The van der Waals surface area contributed by atoms with E-state index >= 15 is 0 Å². The highest BCUT2D eigenvalue weighted by Crippen LogP contribution is 2.56. The molecule has 1 saturated heterocycles. The molecule has 254 valence electrons. The fraction of sp³-hybridized carbons (Fsp3) is 0.486. The van der Waals surface area contributed by atoms with E-state index in [0.29, 0.717) is 42.8 Å². The molecule has 10 nitrogen and oxygen atoms in total. The van der Waals surface area contributed by atoms with E-state index in [0.717, 1.165) is 79.3 Å². The van der Waals surface area contributed by atoms with E-state index in [9.17, 15) is 9.59 Å². The van der Waals surface area contributed by atoms with E-state index in [-0.39, 0.29) is 23.8 Å². The fourth-order valence-electron chi connectivity index (χ4n) is 7.68. The Morgan fingerprint density at radius 2 is 1.90 bits per heavy atom. The van der Waals surface area contributed by atoms with Crippen molar-refractivity contribution in [1.82, 2.24) is 25.0 Å². The summed E-state index contributed by atoms with van der Waals surface area (Å²) < 4.78 is 11.9. The minimum Gasteiger partial charge on any atom is -0.446 e. The van der Waals surface area contributed by atoms with Crippen molar-refractivity contribution in [2.75, 3.05) is 33.2 Å². The third-order valence-electron chi connectivity index (χ3n) is 10.7. The molecule has 11 heteroatoms. The molecule has 0 bridgehead atoms. The number of amides is 2. The molecule has 3 saturated carbocycles. The second kappa shape index (κ2) is 13.5. The van der Waals surface area contributed by atoms with Gasteiger partial charge in [-0.25, -0.2) is 9.59 Å². The molecule has 0 spiro atoms. The number of carbonyl (C=O) groups excluding carboxylic acids is 2. The summed E-state index contributed by atoms with van der Waals surface area (Å²) >= 11 is 6.72. The number of rotatable bonds is 9. The van der Waals surface area contributed by atoms with Crippen LogP contribution in [0.3, 0.4) is 0 Å². The van der Waals surface area contributed by atoms with Crippen molar-refractivity contribution in [2.24, 2.45) is 11.7 Å². The highest BCUT2D eigenvalue weighted by molar-refractivity contribution is 6.30. The van der Waals surface area contributed by atoms with E-state index < -0.39 is 12.1 Å². The molecule has 0 radical (unpaired) electrons. The number of pyridine rings is 1. The molecule has 5 aliphatic rings. The Morgan fingerprint density at radius 3 is 2.56 bits per heavy atom. The molecule has 7 rings (SSSR count). The topological polar surface area (TPSA) is 113 Å². The molecule has 1 aromatic heterocycles. The van der Waals surface area contributed by atoms with Crippen LogP contribution in [0.15, 0.2) is 61.2 Å². The molecule has 2 atom stereocenters. The van der Waals surface area contributed by atoms with Crippen molar-refractivity contribution in [1.29, 1.82) is 0 Å². The quantitative estimate of drug-likeness (QED) is 0.320. The number of alkyl carbamates (subject to hydrolysis) is 1. The van der Waals surface area contributed by atoms with Gasteiger partial charge in [0, 0.05) is 50.6 Å². The molecule has 1 aliphatic heterocycles. The molecule has 2 aromatic rings. The number of piperazine rings is 1. The number of nitrogens with two attached hydrogens (primary N) is 1. The normalized spacial score (nSPS) is 22.8. The van der Waals surface area contributed by atoms with Crippen LogP contribution in [0.1, 0.15) is 79.8 Å². The standard InChI is InChI=1S/C37H45ClN6O4/c1-3-42(2)31(23-39)33(41-35(45)48-37(14-15-37)25-10-11-25)30-21-24-7-6-16-40-32(24)34(28-13-12-26(38)22-29(28)30)43-17-19-44(20-18-43)36(46)47-27-8-4-5-9-27/h3,6-7,12-13,16,21-23,25,27,33-34H,1,4-5,8-11,14-15,17-20,39H2,2H3,(H,41,45)/b31-23-/t33-,34?/m1/s1. The Hall–Kier alpha value is -4.02. The average Bonchev–Trinajstić information content (AvgIpc) is 4.03. The van der Waals surface area contributed by atoms with Crippen molar-refractivity contribution < 1.29 is 19.1 Å². The second-order valence-electron chi connectivity index (χ2n) is 13.7. The summed E-state index contributed by atoms with van der Waals surface area (Å²) in [7, 11) is 1.85. The summed E-state index contributed by atoms with van der Waals surface area (Å²) in [6.07, 6.45) is 14.5. The fourth-order valence-corrected chi connectivity index (χ4v) is 7.85. The van der Waals surface area contributed by atoms with Gasteiger partial charge in [0.25, 0.3) is 0 Å². The Morgan fingerprint density at radius 1 is 1.15 bits per heavy atom. The summed E-state index contributed by atoms with van der Waals surface area (Å²) in [5, 5.41) is 3.76. The number of aromatic nitrogens is 1. The van der Waals surface area contributed by atoms with Crippen LogP contribution in [-0.4, -0.2) is 82.8 Å². The minimum atomic E-state index is -0.688. The van der Waals surface area contributed by atoms with Crippen LogP contribution in [0.5, 0.6) is 0 Å². The van der Waals surface area contributed by atoms with Gasteiger partial charge in [-0.15, -0.1) is 0 Å². The van der Waals surface area contributed by atoms with Gasteiger partial charge in [-0.2, -0.15) is 0 Å². The first kappa shape index (κ1) is 32.5. The number of benzene rings is 1. The number of nitrogens with zero attached hydrogens (tertiary/aromatic N) is 4. The predicted octanol–water partition coefficient (Wildman–Crippen LogP) is 6.29. The molecule has 1 unspecified atom stereocenters. The average molecular weight is 673 g/mol. The number of halogens is 1. The number of hydrogen-bond donors (Lipinski definition) is 2. The minimum absolute atomic E-state index is 0.0320. The Balaban J connectivity index is 1.23. The number of hydrogen-bond acceptors (Lipinski definition) is 8. The summed E-state index contributed by atoms with van der Waals surface area (Å²) in [4.78, 5) is 37.6. The number of nitrogens with one attached hydrogen (secondary N) is 1. The molecule has 3 N–H and O–H groups in total. The molecule has 4 fully saturated rings. The number of carbonyl (C=O) groups is 2. The van der Waals surface area contributed by atoms with Crippen molar-refractivity contribution in [3.8, 4) is 0 Å². The SMILES string of the molecule is C=CN(C)/C(=C\N)[C@H](NC(=O)OC1(C2CC2)CC1)C1=Cc2cccnc2C(N2CCN(C(=O)OC3CCCC3)CC2)c2ccc(Cl)cc21. The molecule has 2 heterocycles. The molecular formula is C37H45ClN6O4. The summed E-state index contributed by atoms with van der Waals surface area (Å²) in [6.45, 7) is 6.35. The van der Waals surface area contributed by atoms with Gasteiger partial charge < -0.3 is 30.3 Å². The summed E-state index contributed by atoms with van der Waals surface area (Å²) in [5.74, 6) is 0.447. The zero-order chi connectivity index (χ0) is 33.4. The van der Waals surface area contributed by atoms with Crippen LogP contribution in [0, 0.1) is 5.92 Å². The summed E-state index contributed by atoms with van der Waals surface area (Å²) in [5.41, 5.74) is 11.1. The first-order valence-corrected chi connectivity index (χ1v) is 17.6. The van der Waals surface area contributed by atoms with Crippen LogP contribution in [0.2, 0.25) is 5.02 Å². The van der Waals surface area contributed by atoms with Crippen LogP contribution < -0.4 is 11.1 Å². The highest BCUT2D eigenvalue weighted by atomic mass is 35.5. The molecule has 48 heavy (non-hydrogen) atoms. The lowest BCUT2D eigenvalue weighted by atomic mass is 9.89. The Kier molecular flexibility index (Phi) is 9.13. The Bertz CT molecular complexity index is 1620. The highest BCUT2D eigenvalue weighted by Gasteiger charge is 2.57. The van der Waals surface area contributed by atoms with Crippen molar-refractivity contribution >= 4 is 35.4 Å². The van der Waals surface area contributed by atoms with Gasteiger partial charge in [-0.1, -0.05) is 30.3 Å². The monoisotopic (exact) mass is 672 g/mol. The molecule has 4 aliphatic carbocycles. The van der Waals surface area contributed by atoms with E-state index in [1.807, 2.05) is 48.5 Å². The van der Waals surface area contributed by atoms with E-state index in [1.165, 1.54) is 6.20 Å². The second-order valence-corrected chi connectivity index (χ2v) is 14.2. The van der Waals surface area contributed by atoms with Gasteiger partial charge in [0.05, 0.1) is 23.5 Å². The lowest BCUT2D eigenvalue weighted by Crippen LogP contribution is -2.50. The Labute approximate surface area is 287 Å². The number of ether oxygens (including phenoxy) is 2. The van der Waals surface area contributed by atoms with Crippen LogP contribution in [0.4, 0.5) is 9.59 Å². The van der Waals surface area contributed by atoms with Gasteiger partial charge >= 0.3 is 12.2 Å². The van der Waals surface area contributed by atoms with Gasteiger partial charge in [-0.05, 0) is 110 Å². The van der Waals surface area contributed by atoms with Gasteiger partial charge in [-0.3, -0.25) is 9.88 Å². The van der Waals surface area contributed by atoms with E-state index in [1.54, 1.807) is 11.1 Å². The smallest absolute Gasteiger partial charge is 0.410 e. The zero-order valence-corrected chi connectivity index (χ0v) is 28.3. The predicted molar refractivity (Wildman–Crippen MR) is 186 cm³/mol. The maximum absolute atomic E-state index is 13.7. The van der Waals surface area contributed by atoms with Gasteiger partial charge in [0.2, 0.25) is 0 Å². The first-order chi connectivity index (χ1) is 23.3. The van der Waals surface area contributed by atoms with Crippen LogP contribution >= 0.6 is 11.6 Å². The third kappa shape index (κ3) is 6.52. The molecule has 1 aromatic carbocycles. The lowest BCUT2D eigenvalue weighted by molar-refractivity contribution is 0.0433. The first-order valence-electron chi connectivity index (χ1n) is 17.2.